The lowest BCUT2D eigenvalue weighted by Crippen LogP contribution is -2.12. The van der Waals surface area contributed by atoms with Crippen LogP contribution in [-0.2, 0) is 0 Å². The van der Waals surface area contributed by atoms with Crippen LogP contribution < -0.4 is 9.47 Å². The first-order valence-corrected chi connectivity index (χ1v) is 5.76. The van der Waals surface area contributed by atoms with Gasteiger partial charge in [0.2, 0.25) is 0 Å². The molecule has 0 bridgehead atoms. The highest BCUT2D eigenvalue weighted by molar-refractivity contribution is 5.87. The zero-order valence-electron chi connectivity index (χ0n) is 10.2. The van der Waals surface area contributed by atoms with Crippen LogP contribution in [0.25, 0.3) is 11.1 Å². The van der Waals surface area contributed by atoms with E-state index in [-0.39, 0.29) is 0 Å². The zero-order valence-corrected chi connectivity index (χ0v) is 10.2. The third-order valence-electron chi connectivity index (χ3n) is 3.11. The fourth-order valence-electron chi connectivity index (χ4n) is 2.29. The average molecular weight is 240 g/mol. The van der Waals surface area contributed by atoms with Crippen LogP contribution >= 0.6 is 0 Å². The van der Waals surface area contributed by atoms with Gasteiger partial charge in [0.05, 0.1) is 0 Å². The summed E-state index contributed by atoms with van der Waals surface area (Å²) < 4.78 is 10.4. The summed E-state index contributed by atoms with van der Waals surface area (Å²) in [6.07, 6.45) is -0.689. The summed E-state index contributed by atoms with van der Waals surface area (Å²) >= 11 is 0. The van der Waals surface area contributed by atoms with Gasteiger partial charge in [-0.1, -0.05) is 24.3 Å². The first-order valence-electron chi connectivity index (χ1n) is 5.76. The molecule has 0 radical (unpaired) electrons. The van der Waals surface area contributed by atoms with E-state index in [1.807, 2.05) is 38.1 Å². The van der Waals surface area contributed by atoms with Gasteiger partial charge in [-0.25, -0.2) is 4.79 Å². The summed E-state index contributed by atoms with van der Waals surface area (Å²) in [4.78, 5) is 11.6. The van der Waals surface area contributed by atoms with Gasteiger partial charge < -0.3 is 9.47 Å². The first-order chi connectivity index (χ1) is 8.66. The number of carbonyl (C=O) groups is 1. The molecular weight excluding hydrogens is 228 g/mol. The Labute approximate surface area is 105 Å². The van der Waals surface area contributed by atoms with Crippen molar-refractivity contribution in [1.29, 1.82) is 0 Å². The number of rotatable bonds is 0. The first kappa shape index (κ1) is 10.8. The van der Waals surface area contributed by atoms with Crippen molar-refractivity contribution < 1.29 is 14.3 Å². The van der Waals surface area contributed by atoms with E-state index < -0.39 is 6.16 Å². The molecule has 2 aromatic carbocycles. The second kappa shape index (κ2) is 3.88. The van der Waals surface area contributed by atoms with Crippen LogP contribution in [0.2, 0.25) is 0 Å². The molecule has 0 fully saturated rings. The van der Waals surface area contributed by atoms with Crippen LogP contribution in [0.1, 0.15) is 11.1 Å². The topological polar surface area (TPSA) is 35.5 Å². The van der Waals surface area contributed by atoms with Crippen molar-refractivity contribution in [2.45, 2.75) is 13.8 Å². The third kappa shape index (κ3) is 1.56. The smallest absolute Gasteiger partial charge is 0.394 e. The number of fused-ring (bicyclic) bond motifs is 3. The minimum absolute atomic E-state index is 0.549. The van der Waals surface area contributed by atoms with Gasteiger partial charge in [-0.15, -0.1) is 0 Å². The molecule has 0 spiro atoms. The largest absolute Gasteiger partial charge is 0.519 e. The number of aryl methyl sites for hydroxylation is 2. The van der Waals surface area contributed by atoms with Gasteiger partial charge in [0.25, 0.3) is 0 Å². The van der Waals surface area contributed by atoms with E-state index in [0.29, 0.717) is 11.5 Å². The van der Waals surface area contributed by atoms with Gasteiger partial charge in [0, 0.05) is 11.1 Å². The molecule has 2 aromatic rings. The molecule has 3 nitrogen and oxygen atoms in total. The van der Waals surface area contributed by atoms with Gasteiger partial charge in [-0.3, -0.25) is 0 Å². The molecule has 1 aliphatic rings. The maximum atomic E-state index is 11.6. The molecule has 90 valence electrons. The Bertz CT molecular complexity index is 589. The Morgan fingerprint density at radius 3 is 1.67 bits per heavy atom. The normalized spacial score (nSPS) is 12.9. The number of hydrogen-bond donors (Lipinski definition) is 0. The maximum Gasteiger partial charge on any atom is 0.519 e. The van der Waals surface area contributed by atoms with Gasteiger partial charge in [0.1, 0.15) is 11.5 Å². The van der Waals surface area contributed by atoms with E-state index in [9.17, 15) is 4.79 Å². The van der Waals surface area contributed by atoms with E-state index in [1.165, 1.54) is 0 Å². The van der Waals surface area contributed by atoms with Crippen LogP contribution in [0.3, 0.4) is 0 Å². The van der Waals surface area contributed by atoms with Crippen molar-refractivity contribution in [2.24, 2.45) is 0 Å². The summed E-state index contributed by atoms with van der Waals surface area (Å²) in [6, 6.07) is 11.3. The van der Waals surface area contributed by atoms with E-state index >= 15 is 0 Å². The van der Waals surface area contributed by atoms with Gasteiger partial charge in [0.15, 0.2) is 0 Å². The minimum atomic E-state index is -0.689. The number of ether oxygens (including phenoxy) is 2. The quantitative estimate of drug-likeness (QED) is 0.518. The molecular formula is C15H12O3. The lowest BCUT2D eigenvalue weighted by Gasteiger charge is -2.11. The number of hydrogen-bond acceptors (Lipinski definition) is 3. The van der Waals surface area contributed by atoms with E-state index in [0.717, 1.165) is 22.3 Å². The Morgan fingerprint density at radius 2 is 1.22 bits per heavy atom. The van der Waals surface area contributed by atoms with Crippen LogP contribution in [0.15, 0.2) is 36.4 Å². The van der Waals surface area contributed by atoms with Crippen LogP contribution in [0.5, 0.6) is 11.5 Å². The number of carbonyl (C=O) groups excluding carboxylic acids is 1. The molecule has 18 heavy (non-hydrogen) atoms. The second-order valence-corrected chi connectivity index (χ2v) is 4.35. The van der Waals surface area contributed by atoms with Crippen molar-refractivity contribution in [3.8, 4) is 22.6 Å². The Kier molecular flexibility index (Phi) is 2.33. The highest BCUT2D eigenvalue weighted by Gasteiger charge is 2.24. The Morgan fingerprint density at radius 1 is 0.778 bits per heavy atom. The standard InChI is InChI=1S/C15H12O3/c1-9-5-3-7-11-13(9)14-10(2)6-4-8-12(14)18-15(16)17-11/h3-8H,1-2H3. The number of benzene rings is 2. The second-order valence-electron chi connectivity index (χ2n) is 4.35. The molecule has 0 unspecified atom stereocenters. The highest BCUT2D eigenvalue weighted by atomic mass is 16.7. The van der Waals surface area contributed by atoms with Gasteiger partial charge >= 0.3 is 6.16 Å². The summed E-state index contributed by atoms with van der Waals surface area (Å²) in [5.74, 6) is 1.10. The molecule has 0 atom stereocenters. The van der Waals surface area contributed by atoms with Crippen molar-refractivity contribution >= 4 is 6.16 Å². The molecule has 1 aliphatic heterocycles. The molecule has 3 heteroatoms. The predicted molar refractivity (Wildman–Crippen MR) is 68.0 cm³/mol. The molecule has 0 aliphatic carbocycles. The molecule has 1 heterocycles. The van der Waals surface area contributed by atoms with Gasteiger partial charge in [-0.2, -0.15) is 0 Å². The fraction of sp³-hybridized carbons (Fsp3) is 0.133. The zero-order chi connectivity index (χ0) is 12.7. The summed E-state index contributed by atoms with van der Waals surface area (Å²) in [7, 11) is 0. The monoisotopic (exact) mass is 240 g/mol. The van der Waals surface area contributed by atoms with Crippen molar-refractivity contribution in [3.05, 3.63) is 47.5 Å². The molecule has 0 saturated carbocycles. The molecule has 3 rings (SSSR count). The van der Waals surface area contributed by atoms with Crippen LogP contribution in [0, 0.1) is 13.8 Å². The van der Waals surface area contributed by atoms with Crippen LogP contribution in [-0.4, -0.2) is 6.16 Å². The fourth-order valence-corrected chi connectivity index (χ4v) is 2.29. The SMILES string of the molecule is Cc1cccc2c1-c1c(C)cccc1OC(=O)O2. The highest BCUT2D eigenvalue weighted by Crippen LogP contribution is 2.42. The lowest BCUT2D eigenvalue weighted by molar-refractivity contribution is 0.154. The Balaban J connectivity index is 2.40. The Hall–Kier alpha value is -2.29. The molecule has 0 amide bonds. The molecule has 0 N–H and O–H groups in total. The van der Waals surface area contributed by atoms with Crippen molar-refractivity contribution in [3.63, 3.8) is 0 Å². The van der Waals surface area contributed by atoms with E-state index in [4.69, 9.17) is 9.47 Å². The molecule has 0 saturated heterocycles. The average Bonchev–Trinajstić information content (AvgIpc) is 2.46. The third-order valence-corrected chi connectivity index (χ3v) is 3.11. The predicted octanol–water partition coefficient (Wildman–Crippen LogP) is 3.86. The van der Waals surface area contributed by atoms with Crippen molar-refractivity contribution in [2.75, 3.05) is 0 Å². The minimum Gasteiger partial charge on any atom is -0.394 e. The van der Waals surface area contributed by atoms with Gasteiger partial charge in [-0.05, 0) is 37.1 Å². The maximum absolute atomic E-state index is 11.6. The summed E-state index contributed by atoms with van der Waals surface area (Å²) in [5.41, 5.74) is 3.97. The van der Waals surface area contributed by atoms with Crippen LogP contribution in [0.4, 0.5) is 4.79 Å². The van der Waals surface area contributed by atoms with Crippen molar-refractivity contribution in [1.82, 2.24) is 0 Å². The lowest BCUT2D eigenvalue weighted by atomic mass is 9.95. The molecule has 0 aromatic heterocycles. The summed E-state index contributed by atoms with van der Waals surface area (Å²) in [5, 5.41) is 0. The van der Waals surface area contributed by atoms with E-state index in [1.54, 1.807) is 12.1 Å². The summed E-state index contributed by atoms with van der Waals surface area (Å²) in [6.45, 7) is 3.99. The van der Waals surface area contributed by atoms with E-state index in [2.05, 4.69) is 0 Å².